The Morgan fingerprint density at radius 2 is 1.91 bits per heavy atom. The van der Waals surface area contributed by atoms with Gasteiger partial charge in [-0.15, -0.1) is 0 Å². The van der Waals surface area contributed by atoms with Crippen molar-refractivity contribution in [3.8, 4) is 6.07 Å². The van der Waals surface area contributed by atoms with E-state index in [-0.39, 0.29) is 11.6 Å². The summed E-state index contributed by atoms with van der Waals surface area (Å²) in [4.78, 5) is 4.62. The van der Waals surface area contributed by atoms with Crippen molar-refractivity contribution in [1.82, 2.24) is 9.80 Å². The van der Waals surface area contributed by atoms with E-state index >= 15 is 0 Å². The number of anilines is 1. The number of piperazine rings is 1. The third kappa shape index (κ3) is 4.60. The van der Waals surface area contributed by atoms with Crippen molar-refractivity contribution in [3.63, 3.8) is 0 Å². The molecule has 126 valence electrons. The SMILES string of the molecule is CC(CNc1ccc(C(F)(F)F)c(C#N)c1)N1CCN(C)CC1. The second kappa shape index (κ2) is 7.20. The summed E-state index contributed by atoms with van der Waals surface area (Å²) in [5, 5.41) is 12.1. The van der Waals surface area contributed by atoms with E-state index in [1.807, 2.05) is 0 Å². The van der Waals surface area contributed by atoms with Crippen molar-refractivity contribution in [2.24, 2.45) is 0 Å². The summed E-state index contributed by atoms with van der Waals surface area (Å²) in [7, 11) is 2.09. The number of nitriles is 1. The van der Waals surface area contributed by atoms with Gasteiger partial charge in [-0.25, -0.2) is 0 Å². The lowest BCUT2D eigenvalue weighted by molar-refractivity contribution is -0.137. The highest BCUT2D eigenvalue weighted by molar-refractivity contribution is 5.53. The summed E-state index contributed by atoms with van der Waals surface area (Å²) < 4.78 is 38.3. The lowest BCUT2D eigenvalue weighted by Crippen LogP contribution is -2.49. The van der Waals surface area contributed by atoms with Crippen molar-refractivity contribution in [1.29, 1.82) is 5.26 Å². The summed E-state index contributed by atoms with van der Waals surface area (Å²) in [6.45, 7) is 6.71. The Balaban J connectivity index is 1.97. The van der Waals surface area contributed by atoms with E-state index in [1.165, 1.54) is 12.1 Å². The molecule has 0 radical (unpaired) electrons. The molecule has 1 fully saturated rings. The average Bonchev–Trinajstić information content (AvgIpc) is 2.52. The Morgan fingerprint density at radius 3 is 2.48 bits per heavy atom. The van der Waals surface area contributed by atoms with Crippen LogP contribution in [0, 0.1) is 11.3 Å². The van der Waals surface area contributed by atoms with Crippen molar-refractivity contribution < 1.29 is 13.2 Å². The van der Waals surface area contributed by atoms with E-state index in [1.54, 1.807) is 6.07 Å². The monoisotopic (exact) mass is 326 g/mol. The Labute approximate surface area is 134 Å². The molecular weight excluding hydrogens is 305 g/mol. The highest BCUT2D eigenvalue weighted by Gasteiger charge is 2.33. The molecule has 1 unspecified atom stereocenters. The smallest absolute Gasteiger partial charge is 0.383 e. The molecule has 0 aliphatic carbocycles. The van der Waals surface area contributed by atoms with Crippen LogP contribution in [0.15, 0.2) is 18.2 Å². The number of nitrogens with one attached hydrogen (secondary N) is 1. The standard InChI is InChI=1S/C16H21F3N4/c1-12(23-7-5-22(2)6-8-23)11-21-14-3-4-15(16(17,18)19)13(9-14)10-20/h3-4,9,12,21H,5-8,11H2,1-2H3. The summed E-state index contributed by atoms with van der Waals surface area (Å²) in [6.07, 6.45) is -4.50. The minimum absolute atomic E-state index is 0.275. The molecule has 1 aliphatic rings. The van der Waals surface area contributed by atoms with Crippen LogP contribution >= 0.6 is 0 Å². The molecule has 1 saturated heterocycles. The number of halogens is 3. The van der Waals surface area contributed by atoms with E-state index in [4.69, 9.17) is 5.26 Å². The summed E-state index contributed by atoms with van der Waals surface area (Å²) >= 11 is 0. The van der Waals surface area contributed by atoms with Gasteiger partial charge in [0.1, 0.15) is 0 Å². The van der Waals surface area contributed by atoms with Gasteiger partial charge in [0.2, 0.25) is 0 Å². The largest absolute Gasteiger partial charge is 0.417 e. The lowest BCUT2D eigenvalue weighted by atomic mass is 10.1. The van der Waals surface area contributed by atoms with Crippen molar-refractivity contribution in [2.75, 3.05) is 45.1 Å². The maximum Gasteiger partial charge on any atom is 0.417 e. The van der Waals surface area contributed by atoms with E-state index in [2.05, 4.69) is 29.1 Å². The van der Waals surface area contributed by atoms with Crippen LogP contribution in [-0.4, -0.2) is 55.6 Å². The molecule has 1 atom stereocenters. The molecule has 1 heterocycles. The highest BCUT2D eigenvalue weighted by atomic mass is 19.4. The Kier molecular flexibility index (Phi) is 5.50. The normalized spacial score (nSPS) is 18.4. The molecule has 23 heavy (non-hydrogen) atoms. The van der Waals surface area contributed by atoms with E-state index in [0.717, 1.165) is 32.2 Å². The fourth-order valence-electron chi connectivity index (χ4n) is 2.65. The van der Waals surface area contributed by atoms with Gasteiger partial charge in [-0.3, -0.25) is 4.90 Å². The van der Waals surface area contributed by atoms with Gasteiger partial charge in [-0.1, -0.05) is 0 Å². The molecule has 4 nitrogen and oxygen atoms in total. The zero-order chi connectivity index (χ0) is 17.0. The van der Waals surface area contributed by atoms with Gasteiger partial charge in [0.15, 0.2) is 0 Å². The van der Waals surface area contributed by atoms with Crippen LogP contribution in [0.2, 0.25) is 0 Å². The molecule has 0 spiro atoms. The number of rotatable bonds is 4. The average molecular weight is 326 g/mol. The zero-order valence-electron chi connectivity index (χ0n) is 13.3. The van der Waals surface area contributed by atoms with Gasteiger partial charge < -0.3 is 10.2 Å². The van der Waals surface area contributed by atoms with Gasteiger partial charge in [-0.2, -0.15) is 18.4 Å². The van der Waals surface area contributed by atoms with Crippen LogP contribution in [0.4, 0.5) is 18.9 Å². The van der Waals surface area contributed by atoms with Crippen molar-refractivity contribution in [2.45, 2.75) is 19.1 Å². The number of hydrogen-bond donors (Lipinski definition) is 1. The first-order valence-electron chi connectivity index (χ1n) is 7.59. The van der Waals surface area contributed by atoms with Crippen LogP contribution in [-0.2, 0) is 6.18 Å². The molecule has 0 bridgehead atoms. The Bertz CT molecular complexity index is 572. The van der Waals surface area contributed by atoms with Crippen LogP contribution in [0.3, 0.4) is 0 Å². The van der Waals surface area contributed by atoms with Crippen LogP contribution in [0.1, 0.15) is 18.1 Å². The molecule has 1 N–H and O–H groups in total. The molecule has 0 aromatic heterocycles. The number of benzene rings is 1. The molecular formula is C16H21F3N4. The molecule has 2 rings (SSSR count). The van der Waals surface area contributed by atoms with Gasteiger partial charge in [0.25, 0.3) is 0 Å². The zero-order valence-corrected chi connectivity index (χ0v) is 13.3. The second-order valence-electron chi connectivity index (χ2n) is 5.94. The quantitative estimate of drug-likeness (QED) is 0.924. The molecule has 1 aromatic carbocycles. The fraction of sp³-hybridized carbons (Fsp3) is 0.562. The first kappa shape index (κ1) is 17.6. The molecule has 7 heteroatoms. The molecule has 0 amide bonds. The Hall–Kier alpha value is -1.78. The summed E-state index contributed by atoms with van der Waals surface area (Å²) in [6, 6.07) is 5.50. The van der Waals surface area contributed by atoms with Crippen molar-refractivity contribution >= 4 is 5.69 Å². The summed E-state index contributed by atoms with van der Waals surface area (Å²) in [5.41, 5.74) is -0.706. The van der Waals surface area contributed by atoms with Gasteiger partial charge in [0, 0.05) is 44.5 Å². The van der Waals surface area contributed by atoms with Gasteiger partial charge in [0.05, 0.1) is 17.2 Å². The topological polar surface area (TPSA) is 42.3 Å². The maximum atomic E-state index is 12.8. The van der Waals surface area contributed by atoms with E-state index in [0.29, 0.717) is 12.2 Å². The van der Waals surface area contributed by atoms with Crippen LogP contribution in [0.25, 0.3) is 0 Å². The van der Waals surface area contributed by atoms with Crippen molar-refractivity contribution in [3.05, 3.63) is 29.3 Å². The number of hydrogen-bond acceptors (Lipinski definition) is 4. The first-order chi connectivity index (χ1) is 10.8. The lowest BCUT2D eigenvalue weighted by Gasteiger charge is -2.36. The minimum atomic E-state index is -4.50. The Morgan fingerprint density at radius 1 is 1.26 bits per heavy atom. The molecule has 0 saturated carbocycles. The fourth-order valence-corrected chi connectivity index (χ4v) is 2.65. The predicted octanol–water partition coefficient (Wildman–Crippen LogP) is 2.62. The third-order valence-electron chi connectivity index (χ3n) is 4.21. The first-order valence-corrected chi connectivity index (χ1v) is 7.59. The predicted molar refractivity (Wildman–Crippen MR) is 83.2 cm³/mol. The third-order valence-corrected chi connectivity index (χ3v) is 4.21. The molecule has 1 aliphatic heterocycles. The van der Waals surface area contributed by atoms with Crippen LogP contribution in [0.5, 0.6) is 0 Å². The van der Waals surface area contributed by atoms with E-state index < -0.39 is 11.7 Å². The van der Waals surface area contributed by atoms with E-state index in [9.17, 15) is 13.2 Å². The maximum absolute atomic E-state index is 12.8. The second-order valence-corrected chi connectivity index (χ2v) is 5.94. The number of likely N-dealkylation sites (N-methyl/N-ethyl adjacent to an activating group) is 1. The molecule has 1 aromatic rings. The summed E-state index contributed by atoms with van der Waals surface area (Å²) in [5.74, 6) is 0. The highest BCUT2D eigenvalue weighted by Crippen LogP contribution is 2.33. The van der Waals surface area contributed by atoms with Gasteiger partial charge >= 0.3 is 6.18 Å². The number of alkyl halides is 3. The van der Waals surface area contributed by atoms with Gasteiger partial charge in [-0.05, 0) is 32.2 Å². The minimum Gasteiger partial charge on any atom is -0.383 e. The number of nitrogens with zero attached hydrogens (tertiary/aromatic N) is 3. The van der Waals surface area contributed by atoms with Crippen LogP contribution < -0.4 is 5.32 Å².